The summed E-state index contributed by atoms with van der Waals surface area (Å²) in [5, 5.41) is 8.18. The van der Waals surface area contributed by atoms with Crippen molar-refractivity contribution in [3.63, 3.8) is 0 Å². The van der Waals surface area contributed by atoms with Crippen LogP contribution in [-0.2, 0) is 22.8 Å². The molecule has 2 aromatic heterocycles. The zero-order chi connectivity index (χ0) is 22.0. The standard InChI is InChI=1S/C21H27N5O4S/c1-3-4-5-17-23-18-19(26(17)12-14-6-8-15(29-2)9-7-14)21(25-24-20(18)22)30-16-10-11-31(27,28)13-16/h6-9,16H,3-5,10-13H2,1-2H3,(H2,22,24). The van der Waals surface area contributed by atoms with Gasteiger partial charge >= 0.3 is 0 Å². The van der Waals surface area contributed by atoms with Gasteiger partial charge in [-0.2, -0.15) is 0 Å². The number of anilines is 1. The third-order valence-electron chi connectivity index (χ3n) is 5.46. The van der Waals surface area contributed by atoms with Crippen LogP contribution in [0.3, 0.4) is 0 Å². The quantitative estimate of drug-likeness (QED) is 0.561. The molecule has 1 fully saturated rings. The van der Waals surface area contributed by atoms with E-state index in [1.165, 1.54) is 0 Å². The van der Waals surface area contributed by atoms with Crippen LogP contribution in [0.25, 0.3) is 11.0 Å². The molecule has 0 radical (unpaired) electrons. The summed E-state index contributed by atoms with van der Waals surface area (Å²) in [6, 6.07) is 7.82. The molecule has 1 aliphatic rings. The molecule has 0 bridgehead atoms. The highest BCUT2D eigenvalue weighted by Crippen LogP contribution is 2.31. The lowest BCUT2D eigenvalue weighted by molar-refractivity contribution is 0.219. The molecule has 1 aromatic carbocycles. The van der Waals surface area contributed by atoms with Gasteiger partial charge in [0.05, 0.1) is 18.6 Å². The number of benzene rings is 1. The van der Waals surface area contributed by atoms with E-state index in [0.717, 1.165) is 36.4 Å². The van der Waals surface area contributed by atoms with Crippen molar-refractivity contribution < 1.29 is 17.9 Å². The van der Waals surface area contributed by atoms with Crippen LogP contribution in [0, 0.1) is 0 Å². The van der Waals surface area contributed by atoms with Crippen LogP contribution < -0.4 is 15.2 Å². The van der Waals surface area contributed by atoms with Crippen molar-refractivity contribution in [1.82, 2.24) is 19.7 Å². The number of methoxy groups -OCH3 is 1. The molecule has 4 rings (SSSR count). The minimum atomic E-state index is -3.08. The first kappa shape index (κ1) is 21.4. The van der Waals surface area contributed by atoms with E-state index < -0.39 is 15.9 Å². The average molecular weight is 446 g/mol. The first-order valence-electron chi connectivity index (χ1n) is 10.4. The number of unbranched alkanes of at least 4 members (excludes halogenated alkanes) is 1. The Bertz CT molecular complexity index is 1170. The first-order valence-corrected chi connectivity index (χ1v) is 12.2. The summed E-state index contributed by atoms with van der Waals surface area (Å²) >= 11 is 0. The highest BCUT2D eigenvalue weighted by atomic mass is 32.2. The number of rotatable bonds is 8. The van der Waals surface area contributed by atoms with Crippen molar-refractivity contribution in [3.05, 3.63) is 35.7 Å². The lowest BCUT2D eigenvalue weighted by Gasteiger charge is -2.15. The summed E-state index contributed by atoms with van der Waals surface area (Å²) in [7, 11) is -1.45. The third kappa shape index (κ3) is 4.58. The van der Waals surface area contributed by atoms with Gasteiger partial charge in [0.1, 0.15) is 28.7 Å². The molecule has 0 aliphatic carbocycles. The number of hydrogen-bond donors (Lipinski definition) is 1. The summed E-state index contributed by atoms with van der Waals surface area (Å²) in [6.07, 6.45) is 2.77. The topological polar surface area (TPSA) is 122 Å². The minimum Gasteiger partial charge on any atom is -0.497 e. The Balaban J connectivity index is 1.77. The summed E-state index contributed by atoms with van der Waals surface area (Å²) < 4.78 is 37.1. The normalized spacial score (nSPS) is 17.8. The Morgan fingerprint density at radius 2 is 2.00 bits per heavy atom. The van der Waals surface area contributed by atoms with Gasteiger partial charge in [-0.15, -0.1) is 10.2 Å². The van der Waals surface area contributed by atoms with Crippen molar-refractivity contribution in [2.45, 2.75) is 45.3 Å². The number of sulfone groups is 1. The molecule has 3 aromatic rings. The smallest absolute Gasteiger partial charge is 0.260 e. The van der Waals surface area contributed by atoms with Gasteiger partial charge in [-0.3, -0.25) is 0 Å². The van der Waals surface area contributed by atoms with E-state index in [0.29, 0.717) is 24.0 Å². The van der Waals surface area contributed by atoms with Crippen LogP contribution in [-0.4, -0.2) is 52.9 Å². The molecular weight excluding hydrogens is 418 g/mol. The average Bonchev–Trinajstić information content (AvgIpc) is 3.29. The van der Waals surface area contributed by atoms with Crippen molar-refractivity contribution in [1.29, 1.82) is 0 Å². The predicted molar refractivity (Wildman–Crippen MR) is 118 cm³/mol. The maximum atomic E-state index is 11.9. The lowest BCUT2D eigenvalue weighted by Crippen LogP contribution is -2.19. The number of aromatic nitrogens is 4. The zero-order valence-electron chi connectivity index (χ0n) is 17.7. The Kier molecular flexibility index (Phi) is 5.99. The molecule has 0 saturated carbocycles. The SMILES string of the molecule is CCCCc1nc2c(N)nnc(OC3CCS(=O)(=O)C3)c2n1Cc1ccc(OC)cc1. The predicted octanol–water partition coefficient (Wildman–Crippen LogP) is 2.37. The fourth-order valence-corrected chi connectivity index (χ4v) is 5.38. The van der Waals surface area contributed by atoms with Crippen LogP contribution in [0.5, 0.6) is 11.6 Å². The molecule has 1 unspecified atom stereocenters. The summed E-state index contributed by atoms with van der Waals surface area (Å²) in [5.41, 5.74) is 8.34. The van der Waals surface area contributed by atoms with E-state index in [-0.39, 0.29) is 23.2 Å². The molecule has 166 valence electrons. The van der Waals surface area contributed by atoms with Crippen molar-refractivity contribution >= 4 is 26.7 Å². The van der Waals surface area contributed by atoms with E-state index in [1.807, 2.05) is 24.3 Å². The van der Waals surface area contributed by atoms with E-state index in [1.54, 1.807) is 7.11 Å². The van der Waals surface area contributed by atoms with E-state index in [2.05, 4.69) is 21.7 Å². The van der Waals surface area contributed by atoms with E-state index in [9.17, 15) is 8.42 Å². The molecular formula is C21H27N5O4S. The summed E-state index contributed by atoms with van der Waals surface area (Å²) in [6.45, 7) is 2.67. The van der Waals surface area contributed by atoms with E-state index >= 15 is 0 Å². The Labute approximate surface area is 181 Å². The van der Waals surface area contributed by atoms with Gasteiger partial charge in [0.25, 0.3) is 5.88 Å². The Morgan fingerprint density at radius 1 is 1.23 bits per heavy atom. The Morgan fingerprint density at radius 3 is 2.65 bits per heavy atom. The van der Waals surface area contributed by atoms with Gasteiger partial charge < -0.3 is 19.8 Å². The van der Waals surface area contributed by atoms with Crippen LogP contribution in [0.1, 0.15) is 37.6 Å². The van der Waals surface area contributed by atoms with Crippen LogP contribution >= 0.6 is 0 Å². The maximum Gasteiger partial charge on any atom is 0.260 e. The molecule has 1 aliphatic heterocycles. The number of ether oxygens (including phenoxy) is 2. The highest BCUT2D eigenvalue weighted by Gasteiger charge is 2.31. The van der Waals surface area contributed by atoms with E-state index in [4.69, 9.17) is 20.2 Å². The number of hydrogen-bond acceptors (Lipinski definition) is 8. The second-order valence-corrected chi connectivity index (χ2v) is 10.0. The highest BCUT2D eigenvalue weighted by molar-refractivity contribution is 7.91. The van der Waals surface area contributed by atoms with Crippen molar-refractivity contribution in [2.24, 2.45) is 0 Å². The fraction of sp³-hybridized carbons (Fsp3) is 0.476. The maximum absolute atomic E-state index is 11.9. The van der Waals surface area contributed by atoms with Crippen molar-refractivity contribution in [2.75, 3.05) is 24.3 Å². The summed E-state index contributed by atoms with van der Waals surface area (Å²) in [4.78, 5) is 4.76. The number of nitrogens with zero attached hydrogens (tertiary/aromatic N) is 4. The van der Waals surface area contributed by atoms with Crippen LogP contribution in [0.4, 0.5) is 5.82 Å². The van der Waals surface area contributed by atoms with Gasteiger partial charge in [0.2, 0.25) is 0 Å². The second-order valence-electron chi connectivity index (χ2n) is 7.80. The number of fused-ring (bicyclic) bond motifs is 1. The van der Waals surface area contributed by atoms with Crippen LogP contribution in [0.2, 0.25) is 0 Å². The first-order chi connectivity index (χ1) is 14.9. The van der Waals surface area contributed by atoms with Gasteiger partial charge in [0, 0.05) is 13.0 Å². The molecule has 0 amide bonds. The summed E-state index contributed by atoms with van der Waals surface area (Å²) in [5.74, 6) is 2.26. The third-order valence-corrected chi connectivity index (χ3v) is 7.20. The minimum absolute atomic E-state index is 0.0180. The number of aryl methyl sites for hydroxylation is 1. The molecule has 2 N–H and O–H groups in total. The van der Waals surface area contributed by atoms with Gasteiger partial charge in [-0.25, -0.2) is 13.4 Å². The van der Waals surface area contributed by atoms with Gasteiger partial charge in [0.15, 0.2) is 15.7 Å². The number of imidazole rings is 1. The molecule has 0 spiro atoms. The van der Waals surface area contributed by atoms with Gasteiger partial charge in [-0.1, -0.05) is 25.5 Å². The molecule has 1 atom stereocenters. The van der Waals surface area contributed by atoms with Crippen LogP contribution in [0.15, 0.2) is 24.3 Å². The molecule has 31 heavy (non-hydrogen) atoms. The second kappa shape index (κ2) is 8.70. The molecule has 1 saturated heterocycles. The zero-order valence-corrected chi connectivity index (χ0v) is 18.6. The molecule has 9 nitrogen and oxygen atoms in total. The van der Waals surface area contributed by atoms with Gasteiger partial charge in [-0.05, 0) is 30.5 Å². The fourth-order valence-electron chi connectivity index (χ4n) is 3.79. The Hall–Kier alpha value is -2.88. The monoisotopic (exact) mass is 445 g/mol. The molecule has 10 heteroatoms. The largest absolute Gasteiger partial charge is 0.497 e. The number of nitrogens with two attached hydrogens (primary N) is 1. The number of nitrogen functional groups attached to an aromatic ring is 1. The lowest BCUT2D eigenvalue weighted by atomic mass is 10.2. The van der Waals surface area contributed by atoms with Crippen molar-refractivity contribution in [3.8, 4) is 11.6 Å². The molecule has 3 heterocycles.